The minimum Gasteiger partial charge on any atom is -0.464 e. The van der Waals surface area contributed by atoms with Crippen LogP contribution >= 0.6 is 0 Å². The summed E-state index contributed by atoms with van der Waals surface area (Å²) in [4.78, 5) is 39.4. The van der Waals surface area contributed by atoms with E-state index in [0.717, 1.165) is 37.7 Å². The second-order valence-electron chi connectivity index (χ2n) is 8.43. The van der Waals surface area contributed by atoms with E-state index in [-0.39, 0.29) is 25.0 Å². The molecule has 0 bridgehead atoms. The van der Waals surface area contributed by atoms with Crippen LogP contribution in [0, 0.1) is 5.92 Å². The van der Waals surface area contributed by atoms with Crippen molar-refractivity contribution in [1.82, 2.24) is 0 Å². The quantitative estimate of drug-likeness (QED) is 0.543. The average Bonchev–Trinajstić information content (AvgIpc) is 2.87. The molecular weight excluding hydrogens is 434 g/mol. The number of anilines is 1. The highest BCUT2D eigenvalue weighted by molar-refractivity contribution is 5.97. The Kier molecular flexibility index (Phi) is 9.22. The fraction of sp³-hybridized carbons (Fsp3) is 0.444. The van der Waals surface area contributed by atoms with Crippen molar-refractivity contribution in [3.05, 3.63) is 65.2 Å². The number of aliphatic hydroxyl groups is 1. The van der Waals surface area contributed by atoms with Gasteiger partial charge in [0.05, 0.1) is 25.3 Å². The lowest BCUT2D eigenvalue weighted by Crippen LogP contribution is -2.36. The first-order valence-corrected chi connectivity index (χ1v) is 12.0. The first-order chi connectivity index (χ1) is 16.4. The van der Waals surface area contributed by atoms with E-state index in [0.29, 0.717) is 23.4 Å². The Balaban J connectivity index is 1.86. The molecule has 0 heterocycles. The number of amides is 1. The van der Waals surface area contributed by atoms with Gasteiger partial charge in [-0.1, -0.05) is 49.6 Å². The van der Waals surface area contributed by atoms with Gasteiger partial charge in [-0.15, -0.1) is 0 Å². The van der Waals surface area contributed by atoms with E-state index < -0.39 is 18.0 Å². The largest absolute Gasteiger partial charge is 0.464 e. The van der Waals surface area contributed by atoms with Gasteiger partial charge in [0.25, 0.3) is 0 Å². The molecule has 0 aliphatic heterocycles. The molecule has 1 amide bonds. The van der Waals surface area contributed by atoms with Crippen molar-refractivity contribution in [3.8, 4) is 0 Å². The molecule has 2 aromatic rings. The van der Waals surface area contributed by atoms with E-state index in [1.807, 2.05) is 6.07 Å². The Bertz CT molecular complexity index is 981. The highest BCUT2D eigenvalue weighted by atomic mass is 16.5. The van der Waals surface area contributed by atoms with Crippen LogP contribution in [0.3, 0.4) is 0 Å². The van der Waals surface area contributed by atoms with Crippen LogP contribution in [0.2, 0.25) is 0 Å². The van der Waals surface area contributed by atoms with E-state index in [2.05, 4.69) is 0 Å². The zero-order valence-electron chi connectivity index (χ0n) is 19.9. The lowest BCUT2D eigenvalue weighted by molar-refractivity contribution is -0.153. The SMILES string of the molecule is CCOC(=O)c1cccc(N(Cc2ccc(C(O)C(=O)OCC)cc2)C(=O)C2CCCCC2)c1. The third-order valence-corrected chi connectivity index (χ3v) is 6.04. The number of hydrogen-bond acceptors (Lipinski definition) is 6. The summed E-state index contributed by atoms with van der Waals surface area (Å²) in [5, 5.41) is 10.2. The third kappa shape index (κ3) is 6.44. The summed E-state index contributed by atoms with van der Waals surface area (Å²) in [6.07, 6.45) is 3.58. The van der Waals surface area contributed by atoms with E-state index in [1.54, 1.807) is 61.2 Å². The smallest absolute Gasteiger partial charge is 0.339 e. The molecule has 7 heteroatoms. The highest BCUT2D eigenvalue weighted by Crippen LogP contribution is 2.29. The molecule has 0 aromatic heterocycles. The number of nitrogens with zero attached hydrogens (tertiary/aromatic N) is 1. The molecule has 1 aliphatic rings. The van der Waals surface area contributed by atoms with Crippen molar-refractivity contribution in [2.24, 2.45) is 5.92 Å². The van der Waals surface area contributed by atoms with Gasteiger partial charge in [0.2, 0.25) is 5.91 Å². The fourth-order valence-electron chi connectivity index (χ4n) is 4.23. The first kappa shape index (κ1) is 25.4. The molecular formula is C27H33NO6. The lowest BCUT2D eigenvalue weighted by atomic mass is 9.88. The van der Waals surface area contributed by atoms with Crippen molar-refractivity contribution in [3.63, 3.8) is 0 Å². The summed E-state index contributed by atoms with van der Waals surface area (Å²) < 4.78 is 10.0. The maximum absolute atomic E-state index is 13.6. The molecule has 1 saturated carbocycles. The summed E-state index contributed by atoms with van der Waals surface area (Å²) in [6, 6.07) is 13.8. The Morgan fingerprint density at radius 1 is 0.971 bits per heavy atom. The standard InChI is InChI=1S/C27H33NO6/c1-3-33-26(31)22-11-8-12-23(17-22)28(25(30)21-9-6-5-7-10-21)18-19-13-15-20(16-14-19)24(29)27(32)34-4-2/h8,11-17,21,24,29H,3-7,9-10,18H2,1-2H3. The fourth-order valence-corrected chi connectivity index (χ4v) is 4.23. The summed E-state index contributed by atoms with van der Waals surface area (Å²) in [7, 11) is 0. The van der Waals surface area contributed by atoms with Crippen LogP contribution in [0.4, 0.5) is 5.69 Å². The van der Waals surface area contributed by atoms with E-state index in [4.69, 9.17) is 9.47 Å². The van der Waals surface area contributed by atoms with E-state index in [1.165, 1.54) is 0 Å². The van der Waals surface area contributed by atoms with Crippen LogP contribution in [0.15, 0.2) is 48.5 Å². The molecule has 3 rings (SSSR count). The zero-order chi connectivity index (χ0) is 24.5. The van der Waals surface area contributed by atoms with Gasteiger partial charge in [-0.3, -0.25) is 4.79 Å². The van der Waals surface area contributed by atoms with Crippen LogP contribution in [-0.4, -0.2) is 36.2 Å². The van der Waals surface area contributed by atoms with Crippen LogP contribution in [0.5, 0.6) is 0 Å². The predicted molar refractivity (Wildman–Crippen MR) is 128 cm³/mol. The Hall–Kier alpha value is -3.19. The summed E-state index contributed by atoms with van der Waals surface area (Å²) in [6.45, 7) is 4.21. The van der Waals surface area contributed by atoms with Gasteiger partial charge < -0.3 is 19.5 Å². The van der Waals surface area contributed by atoms with Gasteiger partial charge >= 0.3 is 11.9 Å². The second-order valence-corrected chi connectivity index (χ2v) is 8.43. The van der Waals surface area contributed by atoms with Crippen LogP contribution in [-0.2, 0) is 25.6 Å². The molecule has 0 radical (unpaired) electrons. The number of benzene rings is 2. The van der Waals surface area contributed by atoms with E-state index >= 15 is 0 Å². The predicted octanol–water partition coefficient (Wildman–Crippen LogP) is 4.57. The monoisotopic (exact) mass is 467 g/mol. The Labute approximate surface area is 200 Å². The number of esters is 2. The normalized spacial score (nSPS) is 14.8. The van der Waals surface area contributed by atoms with Gasteiger partial charge in [-0.25, -0.2) is 9.59 Å². The van der Waals surface area contributed by atoms with Crippen molar-refractivity contribution in [2.75, 3.05) is 18.1 Å². The molecule has 1 aliphatic carbocycles. The lowest BCUT2D eigenvalue weighted by Gasteiger charge is -2.30. The summed E-state index contributed by atoms with van der Waals surface area (Å²) in [5.74, 6) is -1.13. The number of carbonyl (C=O) groups is 3. The number of ether oxygens (including phenoxy) is 2. The van der Waals surface area contributed by atoms with Gasteiger partial charge in [0.15, 0.2) is 6.10 Å². The van der Waals surface area contributed by atoms with Gasteiger partial charge in [-0.05, 0) is 56.0 Å². The summed E-state index contributed by atoms with van der Waals surface area (Å²) in [5.41, 5.74) is 2.30. The second kappa shape index (κ2) is 12.3. The van der Waals surface area contributed by atoms with Crippen molar-refractivity contribution in [1.29, 1.82) is 0 Å². The van der Waals surface area contributed by atoms with Gasteiger partial charge in [-0.2, -0.15) is 0 Å². The molecule has 2 aromatic carbocycles. The van der Waals surface area contributed by atoms with Crippen LogP contribution < -0.4 is 4.90 Å². The molecule has 182 valence electrons. The topological polar surface area (TPSA) is 93.1 Å². The number of hydrogen-bond donors (Lipinski definition) is 1. The van der Waals surface area contributed by atoms with Crippen LogP contribution in [0.25, 0.3) is 0 Å². The molecule has 34 heavy (non-hydrogen) atoms. The minimum atomic E-state index is -1.35. The molecule has 7 nitrogen and oxygen atoms in total. The Morgan fingerprint density at radius 2 is 1.65 bits per heavy atom. The third-order valence-electron chi connectivity index (χ3n) is 6.04. The zero-order valence-corrected chi connectivity index (χ0v) is 19.9. The number of rotatable bonds is 9. The average molecular weight is 468 g/mol. The molecule has 1 atom stereocenters. The highest BCUT2D eigenvalue weighted by Gasteiger charge is 2.28. The number of carbonyl (C=O) groups excluding carboxylic acids is 3. The Morgan fingerprint density at radius 3 is 2.29 bits per heavy atom. The van der Waals surface area contributed by atoms with Gasteiger partial charge in [0, 0.05) is 11.6 Å². The molecule has 1 unspecified atom stereocenters. The molecule has 0 spiro atoms. The molecule has 1 fully saturated rings. The first-order valence-electron chi connectivity index (χ1n) is 12.0. The van der Waals surface area contributed by atoms with Crippen molar-refractivity contribution < 1.29 is 29.0 Å². The van der Waals surface area contributed by atoms with Crippen molar-refractivity contribution in [2.45, 2.75) is 58.6 Å². The van der Waals surface area contributed by atoms with Crippen LogP contribution in [0.1, 0.15) is 73.5 Å². The van der Waals surface area contributed by atoms with Crippen molar-refractivity contribution >= 4 is 23.5 Å². The van der Waals surface area contributed by atoms with E-state index in [9.17, 15) is 19.5 Å². The molecule has 1 N–H and O–H groups in total. The number of aliphatic hydroxyl groups excluding tert-OH is 1. The maximum atomic E-state index is 13.6. The van der Waals surface area contributed by atoms with Gasteiger partial charge in [0.1, 0.15) is 0 Å². The summed E-state index contributed by atoms with van der Waals surface area (Å²) >= 11 is 0. The minimum absolute atomic E-state index is 0.0383. The maximum Gasteiger partial charge on any atom is 0.339 e. The molecule has 0 saturated heterocycles.